The summed E-state index contributed by atoms with van der Waals surface area (Å²) in [6, 6.07) is 15.4. The van der Waals surface area contributed by atoms with E-state index in [1.54, 1.807) is 11.3 Å². The number of benzene rings is 2. The zero-order valence-corrected chi connectivity index (χ0v) is 15.6. The van der Waals surface area contributed by atoms with Crippen LogP contribution in [-0.2, 0) is 19.5 Å². The normalized spacial score (nSPS) is 21.8. The maximum Gasteiger partial charge on any atom is 0.166 e. The first kappa shape index (κ1) is 15.9. The highest BCUT2D eigenvalue weighted by Crippen LogP contribution is 2.39. The molecule has 1 N–H and O–H groups in total. The second kappa shape index (κ2) is 6.13. The Morgan fingerprint density at radius 2 is 2.08 bits per heavy atom. The molecule has 2 aliphatic rings. The molecule has 0 spiro atoms. The molecule has 0 bridgehead atoms. The monoisotopic (exact) mass is 361 g/mol. The molecule has 0 saturated heterocycles. The molecule has 3 aromatic rings. The maximum atomic E-state index is 4.71. The Kier molecular flexibility index (Phi) is 3.74. The predicted octanol–water partition coefficient (Wildman–Crippen LogP) is 5.30. The average molecular weight is 361 g/mol. The molecule has 1 atom stereocenters. The van der Waals surface area contributed by atoms with Gasteiger partial charge in [-0.3, -0.25) is 0 Å². The SMILES string of the molecule is CC1=CN=N[N+]1(Cc1csc2ccccc12)c1ccc2c(c1)CCNC2. The summed E-state index contributed by atoms with van der Waals surface area (Å²) in [7, 11) is 0. The van der Waals surface area contributed by atoms with Gasteiger partial charge >= 0.3 is 0 Å². The molecule has 5 heteroatoms. The van der Waals surface area contributed by atoms with Gasteiger partial charge in [0.1, 0.15) is 12.7 Å². The molecule has 0 fully saturated rings. The van der Waals surface area contributed by atoms with Gasteiger partial charge in [-0.2, -0.15) is 0 Å². The van der Waals surface area contributed by atoms with E-state index in [0.29, 0.717) is 4.59 Å². The number of hydrogen-bond donors (Lipinski definition) is 1. The number of rotatable bonds is 3. The highest BCUT2D eigenvalue weighted by atomic mass is 32.1. The summed E-state index contributed by atoms with van der Waals surface area (Å²) in [5.74, 6) is 0. The van der Waals surface area contributed by atoms with Gasteiger partial charge in [-0.15, -0.1) is 21.0 Å². The van der Waals surface area contributed by atoms with Crippen molar-refractivity contribution in [1.29, 1.82) is 0 Å². The largest absolute Gasteiger partial charge is 0.312 e. The summed E-state index contributed by atoms with van der Waals surface area (Å²) in [6.07, 6.45) is 2.97. The molecule has 0 aliphatic carbocycles. The number of hydrogen-bond acceptors (Lipinski definition) is 4. The van der Waals surface area contributed by atoms with Gasteiger partial charge in [-0.05, 0) is 30.2 Å². The summed E-state index contributed by atoms with van der Waals surface area (Å²) in [4.78, 5) is 0. The van der Waals surface area contributed by atoms with Crippen LogP contribution in [0.4, 0.5) is 5.69 Å². The van der Waals surface area contributed by atoms with E-state index in [-0.39, 0.29) is 0 Å². The minimum Gasteiger partial charge on any atom is -0.312 e. The Balaban J connectivity index is 1.62. The lowest BCUT2D eigenvalue weighted by Gasteiger charge is -2.29. The average Bonchev–Trinajstić information content (AvgIpc) is 3.26. The van der Waals surface area contributed by atoms with E-state index in [4.69, 9.17) is 5.22 Å². The predicted molar refractivity (Wildman–Crippen MR) is 108 cm³/mol. The lowest BCUT2D eigenvalue weighted by molar-refractivity contribution is 0.347. The smallest absolute Gasteiger partial charge is 0.166 e. The highest BCUT2D eigenvalue weighted by Gasteiger charge is 2.39. The Bertz CT molecular complexity index is 1050. The number of nitrogens with zero attached hydrogens (tertiary/aromatic N) is 3. The van der Waals surface area contributed by atoms with Crippen LogP contribution in [0.25, 0.3) is 10.1 Å². The van der Waals surface area contributed by atoms with Crippen molar-refractivity contribution in [2.45, 2.75) is 26.4 Å². The second-order valence-electron chi connectivity index (χ2n) is 7.04. The lowest BCUT2D eigenvalue weighted by atomic mass is 9.99. The van der Waals surface area contributed by atoms with Crippen molar-refractivity contribution in [3.8, 4) is 0 Å². The molecule has 2 aliphatic heterocycles. The van der Waals surface area contributed by atoms with Crippen LogP contribution in [0.3, 0.4) is 0 Å². The minimum absolute atomic E-state index is 0.446. The first-order chi connectivity index (χ1) is 12.8. The van der Waals surface area contributed by atoms with E-state index in [9.17, 15) is 0 Å². The van der Waals surface area contributed by atoms with E-state index in [2.05, 4.69) is 65.2 Å². The maximum absolute atomic E-state index is 4.71. The zero-order chi connectivity index (χ0) is 17.6. The molecular weight excluding hydrogens is 340 g/mol. The fraction of sp³-hybridized carbons (Fsp3) is 0.238. The van der Waals surface area contributed by atoms with Crippen molar-refractivity contribution in [2.75, 3.05) is 6.54 Å². The van der Waals surface area contributed by atoms with Gasteiger partial charge in [0.05, 0.1) is 0 Å². The first-order valence-electron chi connectivity index (χ1n) is 9.02. The highest BCUT2D eigenvalue weighted by molar-refractivity contribution is 7.17. The molecule has 2 aromatic carbocycles. The molecule has 4 nitrogen and oxygen atoms in total. The molecule has 0 amide bonds. The van der Waals surface area contributed by atoms with Gasteiger partial charge < -0.3 is 5.32 Å². The van der Waals surface area contributed by atoms with Crippen molar-refractivity contribution < 1.29 is 0 Å². The molecule has 0 saturated carbocycles. The van der Waals surface area contributed by atoms with Crippen LogP contribution in [0.5, 0.6) is 0 Å². The molecule has 130 valence electrons. The quantitative estimate of drug-likeness (QED) is 0.632. The van der Waals surface area contributed by atoms with Crippen molar-refractivity contribution >= 4 is 27.1 Å². The number of allylic oxidation sites excluding steroid dienone is 1. The fourth-order valence-corrected chi connectivity index (χ4v) is 4.92. The number of fused-ring (bicyclic) bond motifs is 2. The molecule has 1 aromatic heterocycles. The summed E-state index contributed by atoms with van der Waals surface area (Å²) in [5.41, 5.74) is 6.53. The number of nitrogens with one attached hydrogen (secondary N) is 1. The molecule has 0 radical (unpaired) electrons. The summed E-state index contributed by atoms with van der Waals surface area (Å²) in [5, 5.41) is 16.0. The van der Waals surface area contributed by atoms with E-state index in [0.717, 1.165) is 31.8 Å². The fourth-order valence-electron chi connectivity index (χ4n) is 3.96. The number of quaternary nitrogens is 1. The Morgan fingerprint density at radius 1 is 1.15 bits per heavy atom. The lowest BCUT2D eigenvalue weighted by Crippen LogP contribution is -2.39. The van der Waals surface area contributed by atoms with Crippen molar-refractivity contribution in [3.05, 3.63) is 76.4 Å². The summed E-state index contributed by atoms with van der Waals surface area (Å²) in [6.45, 7) is 4.94. The van der Waals surface area contributed by atoms with Gasteiger partial charge in [-0.1, -0.05) is 24.3 Å². The van der Waals surface area contributed by atoms with E-state index in [1.165, 1.54) is 32.5 Å². The minimum atomic E-state index is 0.446. The molecule has 5 rings (SSSR count). The number of thiophene rings is 1. The standard InChI is InChI=1S/C21H21N4S/c1-15-11-23-24-25(15,13-18-14-26-21-5-3-2-4-20(18)21)19-7-6-17-12-22-9-8-16(17)10-19/h2-7,10-11,14,22H,8-9,12-13H2,1H3/q+1. The Morgan fingerprint density at radius 3 is 2.96 bits per heavy atom. The van der Waals surface area contributed by atoms with Gasteiger partial charge in [0, 0.05) is 51.9 Å². The topological polar surface area (TPSA) is 36.8 Å². The van der Waals surface area contributed by atoms with Crippen LogP contribution in [0.1, 0.15) is 23.6 Å². The molecule has 26 heavy (non-hydrogen) atoms. The van der Waals surface area contributed by atoms with Crippen molar-refractivity contribution in [2.24, 2.45) is 10.3 Å². The van der Waals surface area contributed by atoms with Crippen LogP contribution in [0.15, 0.2) is 70.1 Å². The molecule has 3 heterocycles. The van der Waals surface area contributed by atoms with Crippen LogP contribution < -0.4 is 9.91 Å². The van der Waals surface area contributed by atoms with Crippen LogP contribution in [0, 0.1) is 0 Å². The summed E-state index contributed by atoms with van der Waals surface area (Å²) >= 11 is 1.81. The third-order valence-corrected chi connectivity index (χ3v) is 6.51. The third-order valence-electron chi connectivity index (χ3n) is 5.50. The second-order valence-corrected chi connectivity index (χ2v) is 7.95. The van der Waals surface area contributed by atoms with Gasteiger partial charge in [-0.25, -0.2) is 0 Å². The molecular formula is C21H21N4S+. The third kappa shape index (κ3) is 2.43. The van der Waals surface area contributed by atoms with Crippen molar-refractivity contribution in [3.63, 3.8) is 0 Å². The van der Waals surface area contributed by atoms with E-state index in [1.807, 2.05) is 6.20 Å². The van der Waals surface area contributed by atoms with E-state index < -0.39 is 0 Å². The van der Waals surface area contributed by atoms with Crippen LogP contribution in [-0.4, -0.2) is 6.54 Å². The van der Waals surface area contributed by atoms with E-state index >= 15 is 0 Å². The molecule has 1 unspecified atom stereocenters. The van der Waals surface area contributed by atoms with Crippen LogP contribution >= 0.6 is 11.3 Å². The van der Waals surface area contributed by atoms with Gasteiger partial charge in [0.2, 0.25) is 0 Å². The Labute approximate surface area is 157 Å². The van der Waals surface area contributed by atoms with Gasteiger partial charge in [0.15, 0.2) is 11.4 Å². The zero-order valence-electron chi connectivity index (χ0n) is 14.8. The van der Waals surface area contributed by atoms with Crippen LogP contribution in [0.2, 0.25) is 0 Å². The van der Waals surface area contributed by atoms with Crippen molar-refractivity contribution in [1.82, 2.24) is 9.91 Å². The first-order valence-corrected chi connectivity index (χ1v) is 9.90. The summed E-state index contributed by atoms with van der Waals surface area (Å²) < 4.78 is 1.77. The van der Waals surface area contributed by atoms with Gasteiger partial charge in [0.25, 0.3) is 0 Å². The Hall–Kier alpha value is -2.34.